The van der Waals surface area contributed by atoms with Gasteiger partial charge in [0.25, 0.3) is 5.91 Å². The first-order valence-corrected chi connectivity index (χ1v) is 6.90. The maximum atomic E-state index is 12.9. The molecule has 0 aliphatic rings. The first-order chi connectivity index (χ1) is 10.1. The van der Waals surface area contributed by atoms with Crippen LogP contribution in [0, 0.1) is 5.82 Å². The Labute approximate surface area is 129 Å². The van der Waals surface area contributed by atoms with Crippen molar-refractivity contribution in [1.29, 1.82) is 0 Å². The Bertz CT molecular complexity index is 662. The molecule has 4 nitrogen and oxygen atoms in total. The summed E-state index contributed by atoms with van der Waals surface area (Å²) in [5.74, 6) is -0.828. The van der Waals surface area contributed by atoms with Gasteiger partial charge in [-0.2, -0.15) is 0 Å². The number of carbonyl (C=O) groups excluding carboxylic acids is 1. The zero-order valence-corrected chi connectivity index (χ0v) is 12.5. The lowest BCUT2D eigenvalue weighted by Crippen LogP contribution is -2.17. The number of nitrogens with one attached hydrogen (secondary N) is 1. The van der Waals surface area contributed by atoms with Crippen LogP contribution in [0.25, 0.3) is 0 Å². The number of hydrogen-bond donors (Lipinski definition) is 1. The highest BCUT2D eigenvalue weighted by molar-refractivity contribution is 9.10. The van der Waals surface area contributed by atoms with Gasteiger partial charge in [-0.05, 0) is 24.3 Å². The largest absolute Gasteiger partial charge is 0.386 e. The molecular formula is C15H12BrFN2O2. The van der Waals surface area contributed by atoms with Gasteiger partial charge in [0.05, 0.1) is 6.21 Å². The maximum absolute atomic E-state index is 12.9. The van der Waals surface area contributed by atoms with E-state index in [1.54, 1.807) is 6.07 Å². The molecule has 0 saturated heterocycles. The van der Waals surface area contributed by atoms with Gasteiger partial charge in [0.15, 0.2) is 6.61 Å². The summed E-state index contributed by atoms with van der Waals surface area (Å²) >= 11 is 3.37. The van der Waals surface area contributed by atoms with Gasteiger partial charge in [0, 0.05) is 15.7 Å². The van der Waals surface area contributed by atoms with Crippen molar-refractivity contribution in [1.82, 2.24) is 0 Å². The number of carbonyl (C=O) groups is 1. The molecule has 21 heavy (non-hydrogen) atoms. The molecule has 2 aromatic rings. The van der Waals surface area contributed by atoms with Gasteiger partial charge in [-0.25, -0.2) is 4.39 Å². The van der Waals surface area contributed by atoms with Crippen molar-refractivity contribution in [3.05, 3.63) is 64.4 Å². The van der Waals surface area contributed by atoms with Gasteiger partial charge in [0.2, 0.25) is 0 Å². The van der Waals surface area contributed by atoms with Gasteiger partial charge in [0.1, 0.15) is 5.82 Å². The van der Waals surface area contributed by atoms with Crippen LogP contribution in [-0.4, -0.2) is 18.7 Å². The molecule has 108 valence electrons. The molecular weight excluding hydrogens is 339 g/mol. The predicted octanol–water partition coefficient (Wildman–Crippen LogP) is 3.58. The first-order valence-electron chi connectivity index (χ1n) is 6.10. The molecule has 0 fully saturated rings. The van der Waals surface area contributed by atoms with Gasteiger partial charge in [-0.1, -0.05) is 45.4 Å². The van der Waals surface area contributed by atoms with E-state index in [0.717, 1.165) is 10.0 Å². The zero-order chi connectivity index (χ0) is 15.1. The van der Waals surface area contributed by atoms with Gasteiger partial charge < -0.3 is 10.2 Å². The van der Waals surface area contributed by atoms with Crippen molar-refractivity contribution in [2.24, 2.45) is 5.16 Å². The van der Waals surface area contributed by atoms with Crippen LogP contribution in [0.15, 0.2) is 58.2 Å². The average molecular weight is 351 g/mol. The topological polar surface area (TPSA) is 50.7 Å². The number of rotatable bonds is 5. The SMILES string of the molecule is O=C(CO/N=C\c1ccccc1Br)Nc1cccc(F)c1. The quantitative estimate of drug-likeness (QED) is 0.661. The molecule has 0 aliphatic carbocycles. The number of hydrogen-bond acceptors (Lipinski definition) is 3. The molecule has 0 heterocycles. The van der Waals surface area contributed by atoms with Crippen molar-refractivity contribution in [3.63, 3.8) is 0 Å². The van der Waals surface area contributed by atoms with Crippen molar-refractivity contribution in [3.8, 4) is 0 Å². The standard InChI is InChI=1S/C15H12BrFN2O2/c16-14-7-2-1-4-11(14)9-18-21-10-15(20)19-13-6-3-5-12(17)8-13/h1-9H,10H2,(H,19,20)/b18-9-. The Hall–Kier alpha value is -2.21. The Morgan fingerprint density at radius 2 is 2.10 bits per heavy atom. The molecule has 1 N–H and O–H groups in total. The third-order valence-electron chi connectivity index (χ3n) is 2.48. The molecule has 0 spiro atoms. The van der Waals surface area contributed by atoms with E-state index >= 15 is 0 Å². The lowest BCUT2D eigenvalue weighted by atomic mass is 10.2. The van der Waals surface area contributed by atoms with Crippen molar-refractivity contribution in [2.75, 3.05) is 11.9 Å². The zero-order valence-electron chi connectivity index (χ0n) is 10.9. The van der Waals surface area contributed by atoms with Crippen LogP contribution in [0.2, 0.25) is 0 Å². The minimum atomic E-state index is -0.416. The average Bonchev–Trinajstić information content (AvgIpc) is 2.45. The van der Waals surface area contributed by atoms with E-state index in [1.807, 2.05) is 24.3 Å². The molecule has 0 saturated carbocycles. The van der Waals surface area contributed by atoms with Crippen LogP contribution in [0.4, 0.5) is 10.1 Å². The number of benzene rings is 2. The Balaban J connectivity index is 1.81. The van der Waals surface area contributed by atoms with E-state index in [9.17, 15) is 9.18 Å². The third kappa shape index (κ3) is 5.00. The number of oxime groups is 1. The molecule has 1 amide bonds. The van der Waals surface area contributed by atoms with E-state index in [4.69, 9.17) is 4.84 Å². The van der Waals surface area contributed by atoms with Crippen LogP contribution in [0.1, 0.15) is 5.56 Å². The van der Waals surface area contributed by atoms with Crippen molar-refractivity contribution < 1.29 is 14.0 Å². The van der Waals surface area contributed by atoms with Crippen LogP contribution in [0.3, 0.4) is 0 Å². The van der Waals surface area contributed by atoms with Gasteiger partial charge >= 0.3 is 0 Å². The Morgan fingerprint density at radius 3 is 2.86 bits per heavy atom. The predicted molar refractivity (Wildman–Crippen MR) is 82.7 cm³/mol. The number of amides is 1. The Morgan fingerprint density at radius 1 is 1.29 bits per heavy atom. The third-order valence-corrected chi connectivity index (χ3v) is 3.20. The molecule has 2 rings (SSSR count). The van der Waals surface area contributed by atoms with Crippen LogP contribution >= 0.6 is 15.9 Å². The van der Waals surface area contributed by atoms with Gasteiger partial charge in [-0.3, -0.25) is 4.79 Å². The summed E-state index contributed by atoms with van der Waals surface area (Å²) in [5, 5.41) is 6.22. The smallest absolute Gasteiger partial charge is 0.265 e. The van der Waals surface area contributed by atoms with E-state index in [-0.39, 0.29) is 6.61 Å². The van der Waals surface area contributed by atoms with E-state index < -0.39 is 11.7 Å². The minimum Gasteiger partial charge on any atom is -0.386 e. The molecule has 0 atom stereocenters. The van der Waals surface area contributed by atoms with Crippen LogP contribution in [0.5, 0.6) is 0 Å². The van der Waals surface area contributed by atoms with E-state index in [2.05, 4.69) is 26.4 Å². The Kier molecular flexibility index (Phi) is 5.45. The number of anilines is 1. The van der Waals surface area contributed by atoms with Crippen molar-refractivity contribution >= 4 is 33.7 Å². The van der Waals surface area contributed by atoms with Crippen LogP contribution < -0.4 is 5.32 Å². The van der Waals surface area contributed by atoms with E-state index in [1.165, 1.54) is 24.4 Å². The molecule has 0 radical (unpaired) electrons. The molecule has 0 unspecified atom stereocenters. The summed E-state index contributed by atoms with van der Waals surface area (Å²) in [6.45, 7) is -0.253. The highest BCUT2D eigenvalue weighted by Gasteiger charge is 2.03. The lowest BCUT2D eigenvalue weighted by Gasteiger charge is -2.04. The summed E-state index contributed by atoms with van der Waals surface area (Å²) < 4.78 is 13.8. The number of nitrogens with zero attached hydrogens (tertiary/aromatic N) is 1. The second-order valence-corrected chi connectivity index (χ2v) is 4.94. The minimum absolute atomic E-state index is 0.253. The fourth-order valence-electron chi connectivity index (χ4n) is 1.53. The number of halogens is 2. The molecule has 0 bridgehead atoms. The van der Waals surface area contributed by atoms with E-state index in [0.29, 0.717) is 5.69 Å². The fraction of sp³-hybridized carbons (Fsp3) is 0.0667. The monoisotopic (exact) mass is 350 g/mol. The second-order valence-electron chi connectivity index (χ2n) is 4.09. The molecule has 2 aromatic carbocycles. The van der Waals surface area contributed by atoms with Gasteiger partial charge in [-0.15, -0.1) is 0 Å². The maximum Gasteiger partial charge on any atom is 0.265 e. The highest BCUT2D eigenvalue weighted by Crippen LogP contribution is 2.13. The van der Waals surface area contributed by atoms with Crippen molar-refractivity contribution in [2.45, 2.75) is 0 Å². The molecule has 6 heteroatoms. The summed E-state index contributed by atoms with van der Waals surface area (Å²) in [4.78, 5) is 16.5. The summed E-state index contributed by atoms with van der Waals surface area (Å²) in [6.07, 6.45) is 1.50. The lowest BCUT2D eigenvalue weighted by molar-refractivity contribution is -0.120. The highest BCUT2D eigenvalue weighted by atomic mass is 79.9. The second kappa shape index (κ2) is 7.54. The fourth-order valence-corrected chi connectivity index (χ4v) is 1.92. The summed E-state index contributed by atoms with van der Waals surface area (Å²) in [5.41, 5.74) is 1.21. The summed E-state index contributed by atoms with van der Waals surface area (Å²) in [7, 11) is 0. The summed E-state index contributed by atoms with van der Waals surface area (Å²) in [6, 6.07) is 13.1. The molecule has 0 aliphatic heterocycles. The van der Waals surface area contributed by atoms with Crippen LogP contribution in [-0.2, 0) is 9.63 Å². The first kappa shape index (κ1) is 15.2. The molecule has 0 aromatic heterocycles. The normalized spacial score (nSPS) is 10.6.